The molecule has 0 amide bonds. The van der Waals surface area contributed by atoms with Crippen LogP contribution in [-0.4, -0.2) is 17.5 Å². The summed E-state index contributed by atoms with van der Waals surface area (Å²) in [4.78, 5) is 12.1. The molecule has 0 saturated heterocycles. The van der Waals surface area contributed by atoms with Gasteiger partial charge in [0, 0.05) is 18.0 Å². The summed E-state index contributed by atoms with van der Waals surface area (Å²) in [7, 11) is 1.56. The van der Waals surface area contributed by atoms with Crippen molar-refractivity contribution in [2.75, 3.05) is 7.11 Å². The van der Waals surface area contributed by atoms with Crippen LogP contribution in [0.3, 0.4) is 0 Å². The molecule has 3 aromatic rings. The fourth-order valence-electron chi connectivity index (χ4n) is 2.37. The molecule has 5 nitrogen and oxygen atoms in total. The molecule has 1 aromatic carbocycles. The topological polar surface area (TPSA) is 63.7 Å². The van der Waals surface area contributed by atoms with E-state index in [0.717, 1.165) is 5.52 Å². The molecule has 2 heterocycles. The van der Waals surface area contributed by atoms with Gasteiger partial charge >= 0.3 is 5.97 Å². The lowest BCUT2D eigenvalue weighted by atomic mass is 10.2. The number of esters is 1. The first kappa shape index (κ1) is 14.7. The van der Waals surface area contributed by atoms with Crippen molar-refractivity contribution in [1.82, 2.24) is 4.40 Å². The van der Waals surface area contributed by atoms with Crippen molar-refractivity contribution in [3.8, 4) is 11.8 Å². The number of nitriles is 1. The molecule has 0 saturated carbocycles. The number of carbonyl (C=O) groups is 1. The Hall–Kier alpha value is -3.26. The van der Waals surface area contributed by atoms with Crippen molar-refractivity contribution in [3.63, 3.8) is 0 Å². The maximum absolute atomic E-state index is 12.1. The summed E-state index contributed by atoms with van der Waals surface area (Å²) in [6, 6.07) is 14.4. The number of hydrogen-bond donors (Lipinski definition) is 0. The molecule has 0 unspecified atom stereocenters. The van der Waals surface area contributed by atoms with Gasteiger partial charge in [-0.15, -0.1) is 0 Å². The smallest absolute Gasteiger partial charge is 0.338 e. The van der Waals surface area contributed by atoms with E-state index in [4.69, 9.17) is 9.47 Å². The zero-order valence-corrected chi connectivity index (χ0v) is 12.5. The molecule has 3 rings (SSSR count). The molecule has 5 heteroatoms. The van der Waals surface area contributed by atoms with Gasteiger partial charge in [-0.05, 0) is 36.4 Å². The standard InChI is InChI=1S/C18H14N2O3/c1-22-15-7-5-13(6-8-15)18(21)23-12-14-11-20-9-3-2-4-17(20)16(14)10-19/h2-9,11H,12H2,1H3. The number of methoxy groups -OCH3 is 1. The molecule has 0 N–H and O–H groups in total. The molecule has 23 heavy (non-hydrogen) atoms. The van der Waals surface area contributed by atoms with Gasteiger partial charge in [0.25, 0.3) is 0 Å². The predicted molar refractivity (Wildman–Crippen MR) is 84.2 cm³/mol. The van der Waals surface area contributed by atoms with E-state index < -0.39 is 5.97 Å². The Morgan fingerprint density at radius 2 is 2.00 bits per heavy atom. The molecule has 0 radical (unpaired) electrons. The molecular formula is C18H14N2O3. The zero-order valence-electron chi connectivity index (χ0n) is 12.5. The number of pyridine rings is 1. The summed E-state index contributed by atoms with van der Waals surface area (Å²) in [5.41, 5.74) is 2.44. The summed E-state index contributed by atoms with van der Waals surface area (Å²) in [6.07, 6.45) is 3.65. The van der Waals surface area contributed by atoms with Crippen molar-refractivity contribution in [1.29, 1.82) is 5.26 Å². The van der Waals surface area contributed by atoms with E-state index in [1.807, 2.05) is 28.8 Å². The van der Waals surface area contributed by atoms with E-state index in [9.17, 15) is 10.1 Å². The van der Waals surface area contributed by atoms with Crippen molar-refractivity contribution in [2.24, 2.45) is 0 Å². The van der Waals surface area contributed by atoms with Gasteiger partial charge in [-0.1, -0.05) is 6.07 Å². The Bertz CT molecular complexity index is 889. The first-order valence-corrected chi connectivity index (χ1v) is 7.03. The lowest BCUT2D eigenvalue weighted by Crippen LogP contribution is -2.05. The maximum atomic E-state index is 12.1. The monoisotopic (exact) mass is 306 g/mol. The molecule has 2 aromatic heterocycles. The summed E-state index contributed by atoms with van der Waals surface area (Å²) in [5, 5.41) is 9.33. The molecule has 0 aliphatic rings. The van der Waals surface area contributed by atoms with Crippen LogP contribution in [-0.2, 0) is 11.3 Å². The van der Waals surface area contributed by atoms with Crippen LogP contribution in [0.2, 0.25) is 0 Å². The molecule has 0 fully saturated rings. The number of benzene rings is 1. The SMILES string of the molecule is COc1ccc(C(=O)OCc2cn3ccccc3c2C#N)cc1. The van der Waals surface area contributed by atoms with Crippen LogP contribution in [0.5, 0.6) is 5.75 Å². The van der Waals surface area contributed by atoms with Crippen LogP contribution in [0.25, 0.3) is 5.52 Å². The average molecular weight is 306 g/mol. The molecule has 0 spiro atoms. The van der Waals surface area contributed by atoms with E-state index in [2.05, 4.69) is 6.07 Å². The Balaban J connectivity index is 1.77. The number of rotatable bonds is 4. The van der Waals surface area contributed by atoms with E-state index in [1.165, 1.54) is 0 Å². The van der Waals surface area contributed by atoms with Crippen LogP contribution < -0.4 is 4.74 Å². The largest absolute Gasteiger partial charge is 0.497 e. The number of hydrogen-bond acceptors (Lipinski definition) is 4. The highest BCUT2D eigenvalue weighted by Crippen LogP contribution is 2.19. The van der Waals surface area contributed by atoms with E-state index in [1.54, 1.807) is 37.6 Å². The highest BCUT2D eigenvalue weighted by molar-refractivity contribution is 5.89. The molecular weight excluding hydrogens is 292 g/mol. The zero-order chi connectivity index (χ0) is 16.2. The average Bonchev–Trinajstić information content (AvgIpc) is 2.97. The number of ether oxygens (including phenoxy) is 2. The first-order chi connectivity index (χ1) is 11.2. The van der Waals surface area contributed by atoms with Crippen LogP contribution >= 0.6 is 0 Å². The summed E-state index contributed by atoms with van der Waals surface area (Å²) >= 11 is 0. The van der Waals surface area contributed by atoms with Gasteiger partial charge < -0.3 is 13.9 Å². The number of carbonyl (C=O) groups excluding carboxylic acids is 1. The molecule has 0 aliphatic carbocycles. The van der Waals surface area contributed by atoms with Crippen LogP contribution in [0.1, 0.15) is 21.5 Å². The van der Waals surface area contributed by atoms with Crippen molar-refractivity contribution in [3.05, 3.63) is 71.5 Å². The molecule has 114 valence electrons. The normalized spacial score (nSPS) is 10.3. The second-order valence-electron chi connectivity index (χ2n) is 4.94. The third-order valence-electron chi connectivity index (χ3n) is 3.56. The molecule has 0 aliphatic heterocycles. The Morgan fingerprint density at radius 3 is 2.70 bits per heavy atom. The molecule has 0 atom stereocenters. The highest BCUT2D eigenvalue weighted by atomic mass is 16.5. The van der Waals surface area contributed by atoms with Crippen LogP contribution in [0, 0.1) is 11.3 Å². The Kier molecular flexibility index (Phi) is 3.98. The Labute approximate surface area is 133 Å². The first-order valence-electron chi connectivity index (χ1n) is 7.03. The second-order valence-corrected chi connectivity index (χ2v) is 4.94. The van der Waals surface area contributed by atoms with Gasteiger partial charge in [0.1, 0.15) is 18.4 Å². The predicted octanol–water partition coefficient (Wildman–Crippen LogP) is 3.18. The van der Waals surface area contributed by atoms with Gasteiger partial charge in [-0.25, -0.2) is 4.79 Å². The Morgan fingerprint density at radius 1 is 1.22 bits per heavy atom. The second kappa shape index (κ2) is 6.24. The van der Waals surface area contributed by atoms with Gasteiger partial charge in [-0.3, -0.25) is 0 Å². The van der Waals surface area contributed by atoms with E-state index in [-0.39, 0.29) is 6.61 Å². The van der Waals surface area contributed by atoms with Crippen molar-refractivity contribution in [2.45, 2.75) is 6.61 Å². The minimum absolute atomic E-state index is 0.0510. The number of aromatic nitrogens is 1. The van der Waals surface area contributed by atoms with E-state index in [0.29, 0.717) is 22.4 Å². The van der Waals surface area contributed by atoms with Gasteiger partial charge in [0.05, 0.1) is 23.8 Å². The minimum atomic E-state index is -0.438. The van der Waals surface area contributed by atoms with E-state index >= 15 is 0 Å². The van der Waals surface area contributed by atoms with Gasteiger partial charge in [0.2, 0.25) is 0 Å². The quantitative estimate of drug-likeness (QED) is 0.694. The van der Waals surface area contributed by atoms with Crippen molar-refractivity contribution < 1.29 is 14.3 Å². The lowest BCUT2D eigenvalue weighted by Gasteiger charge is -2.05. The summed E-state index contributed by atoms with van der Waals surface area (Å²) in [5.74, 6) is 0.235. The summed E-state index contributed by atoms with van der Waals surface area (Å²) in [6.45, 7) is 0.0510. The van der Waals surface area contributed by atoms with Gasteiger partial charge in [-0.2, -0.15) is 5.26 Å². The third-order valence-corrected chi connectivity index (χ3v) is 3.56. The number of fused-ring (bicyclic) bond motifs is 1. The fourth-order valence-corrected chi connectivity index (χ4v) is 2.37. The third kappa shape index (κ3) is 2.87. The van der Waals surface area contributed by atoms with Crippen molar-refractivity contribution >= 4 is 11.5 Å². The minimum Gasteiger partial charge on any atom is -0.497 e. The van der Waals surface area contributed by atoms with Crippen LogP contribution in [0.15, 0.2) is 54.9 Å². The van der Waals surface area contributed by atoms with Crippen LogP contribution in [0.4, 0.5) is 0 Å². The number of nitrogens with zero attached hydrogens (tertiary/aromatic N) is 2. The fraction of sp³-hybridized carbons (Fsp3) is 0.111. The lowest BCUT2D eigenvalue weighted by molar-refractivity contribution is 0.0472. The maximum Gasteiger partial charge on any atom is 0.338 e. The summed E-state index contributed by atoms with van der Waals surface area (Å²) < 4.78 is 12.2. The molecule has 0 bridgehead atoms. The highest BCUT2D eigenvalue weighted by Gasteiger charge is 2.13. The van der Waals surface area contributed by atoms with Gasteiger partial charge in [0.15, 0.2) is 0 Å².